The monoisotopic (exact) mass is 287 g/mol. The summed E-state index contributed by atoms with van der Waals surface area (Å²) in [6, 6.07) is 11.5. The van der Waals surface area contributed by atoms with Crippen molar-refractivity contribution in [1.82, 2.24) is 0 Å². The summed E-state index contributed by atoms with van der Waals surface area (Å²) in [5.74, 6) is -2.03. The van der Waals surface area contributed by atoms with Gasteiger partial charge in [-0.25, -0.2) is 8.78 Å². The maximum Gasteiger partial charge on any atom is 0.243 e. The zero-order valence-electron chi connectivity index (χ0n) is 10.9. The number of nitrogens with one attached hydrogen (secondary N) is 2. The molecule has 0 atom stereocenters. The number of rotatable bonds is 4. The summed E-state index contributed by atoms with van der Waals surface area (Å²) in [6.45, 7) is -0.105. The van der Waals surface area contributed by atoms with E-state index in [4.69, 9.17) is 5.26 Å². The fourth-order valence-corrected chi connectivity index (χ4v) is 1.67. The summed E-state index contributed by atoms with van der Waals surface area (Å²) < 4.78 is 26.1. The normalized spacial score (nSPS) is 9.76. The van der Waals surface area contributed by atoms with E-state index in [-0.39, 0.29) is 12.2 Å². The van der Waals surface area contributed by atoms with Crippen molar-refractivity contribution in [3.8, 4) is 6.07 Å². The maximum atomic E-state index is 13.4. The highest BCUT2D eigenvalue weighted by Gasteiger charge is 2.08. The minimum absolute atomic E-state index is 0.0889. The van der Waals surface area contributed by atoms with Crippen molar-refractivity contribution in [1.29, 1.82) is 5.26 Å². The highest BCUT2D eigenvalue weighted by molar-refractivity contribution is 5.93. The lowest BCUT2D eigenvalue weighted by atomic mass is 10.2. The summed E-state index contributed by atoms with van der Waals surface area (Å²) in [5, 5.41) is 13.9. The molecule has 6 heteroatoms. The molecule has 2 aromatic rings. The van der Waals surface area contributed by atoms with Crippen LogP contribution in [0.4, 0.5) is 20.2 Å². The van der Waals surface area contributed by atoms with Crippen molar-refractivity contribution in [2.75, 3.05) is 17.2 Å². The Bertz CT molecular complexity index is 710. The zero-order chi connectivity index (χ0) is 15.2. The van der Waals surface area contributed by atoms with Crippen molar-refractivity contribution in [2.45, 2.75) is 0 Å². The van der Waals surface area contributed by atoms with Gasteiger partial charge in [0.05, 0.1) is 23.9 Å². The first-order valence-corrected chi connectivity index (χ1v) is 6.07. The number of anilines is 2. The van der Waals surface area contributed by atoms with Crippen LogP contribution in [0, 0.1) is 23.0 Å². The Labute approximate surface area is 120 Å². The van der Waals surface area contributed by atoms with E-state index in [9.17, 15) is 13.6 Å². The second kappa shape index (κ2) is 6.48. The molecular weight excluding hydrogens is 276 g/mol. The molecule has 0 bridgehead atoms. The first kappa shape index (κ1) is 14.5. The predicted molar refractivity (Wildman–Crippen MR) is 74.6 cm³/mol. The minimum atomic E-state index is -0.838. The molecule has 2 N–H and O–H groups in total. The molecule has 0 radical (unpaired) electrons. The number of hydrogen-bond acceptors (Lipinski definition) is 3. The van der Waals surface area contributed by atoms with Crippen LogP contribution in [0.3, 0.4) is 0 Å². The van der Waals surface area contributed by atoms with E-state index in [1.54, 1.807) is 24.3 Å². The van der Waals surface area contributed by atoms with Gasteiger partial charge in [0.15, 0.2) is 0 Å². The van der Waals surface area contributed by atoms with Gasteiger partial charge in [0.25, 0.3) is 0 Å². The van der Waals surface area contributed by atoms with Gasteiger partial charge in [-0.2, -0.15) is 5.26 Å². The van der Waals surface area contributed by atoms with Crippen LogP contribution in [0.2, 0.25) is 0 Å². The molecule has 21 heavy (non-hydrogen) atoms. The highest BCUT2D eigenvalue weighted by Crippen LogP contribution is 2.15. The topological polar surface area (TPSA) is 64.9 Å². The van der Waals surface area contributed by atoms with Gasteiger partial charge in [-0.15, -0.1) is 0 Å². The van der Waals surface area contributed by atoms with Crippen molar-refractivity contribution in [3.63, 3.8) is 0 Å². The Hall–Kier alpha value is -2.94. The van der Waals surface area contributed by atoms with Gasteiger partial charge >= 0.3 is 0 Å². The molecule has 0 saturated carbocycles. The van der Waals surface area contributed by atoms with Crippen LogP contribution in [0.1, 0.15) is 5.56 Å². The fourth-order valence-electron chi connectivity index (χ4n) is 1.67. The van der Waals surface area contributed by atoms with Crippen LogP contribution in [-0.4, -0.2) is 12.5 Å². The molecule has 106 valence electrons. The fraction of sp³-hybridized carbons (Fsp3) is 0.0667. The Balaban J connectivity index is 1.94. The van der Waals surface area contributed by atoms with Gasteiger partial charge < -0.3 is 10.6 Å². The van der Waals surface area contributed by atoms with Gasteiger partial charge in [0.2, 0.25) is 5.91 Å². The van der Waals surface area contributed by atoms with Crippen LogP contribution in [0.15, 0.2) is 42.5 Å². The molecule has 0 spiro atoms. The van der Waals surface area contributed by atoms with Gasteiger partial charge in [0.1, 0.15) is 11.6 Å². The third-order valence-electron chi connectivity index (χ3n) is 2.65. The molecule has 0 unspecified atom stereocenters. The van der Waals surface area contributed by atoms with Gasteiger partial charge in [0, 0.05) is 11.8 Å². The largest absolute Gasteiger partial charge is 0.376 e. The number of halogens is 2. The zero-order valence-corrected chi connectivity index (χ0v) is 10.9. The summed E-state index contributed by atoms with van der Waals surface area (Å²) in [6.07, 6.45) is 0. The quantitative estimate of drug-likeness (QED) is 0.908. The molecule has 0 aliphatic carbocycles. The lowest BCUT2D eigenvalue weighted by Gasteiger charge is -2.08. The van der Waals surface area contributed by atoms with Crippen molar-refractivity contribution < 1.29 is 13.6 Å². The summed E-state index contributed by atoms with van der Waals surface area (Å²) >= 11 is 0. The molecule has 2 aromatic carbocycles. The van der Waals surface area contributed by atoms with Crippen LogP contribution < -0.4 is 10.6 Å². The van der Waals surface area contributed by atoms with Gasteiger partial charge in [-0.1, -0.05) is 6.07 Å². The number of nitriles is 1. The molecule has 1 amide bonds. The summed E-state index contributed by atoms with van der Waals surface area (Å²) in [5.41, 5.74) is 0.975. The second-order valence-corrected chi connectivity index (χ2v) is 4.22. The Morgan fingerprint density at radius 1 is 1.19 bits per heavy atom. The highest BCUT2D eigenvalue weighted by atomic mass is 19.1. The van der Waals surface area contributed by atoms with Crippen molar-refractivity contribution in [2.24, 2.45) is 0 Å². The smallest absolute Gasteiger partial charge is 0.243 e. The molecule has 0 saturated heterocycles. The number of carbonyl (C=O) groups excluding carboxylic acids is 1. The van der Waals surface area contributed by atoms with Crippen molar-refractivity contribution >= 4 is 17.3 Å². The number of amides is 1. The average Bonchev–Trinajstić information content (AvgIpc) is 2.48. The van der Waals surface area contributed by atoms with E-state index in [0.717, 1.165) is 12.1 Å². The molecule has 0 aromatic heterocycles. The van der Waals surface area contributed by atoms with Crippen LogP contribution in [0.5, 0.6) is 0 Å². The number of carbonyl (C=O) groups is 1. The first-order chi connectivity index (χ1) is 10.1. The molecule has 2 rings (SSSR count). The number of hydrogen-bond donors (Lipinski definition) is 2. The van der Waals surface area contributed by atoms with Crippen molar-refractivity contribution in [3.05, 3.63) is 59.7 Å². The lowest BCUT2D eigenvalue weighted by molar-refractivity contribution is -0.114. The third kappa shape index (κ3) is 4.01. The second-order valence-electron chi connectivity index (χ2n) is 4.22. The molecule has 0 fully saturated rings. The molecular formula is C15H11F2N3O. The molecule has 0 aliphatic heterocycles. The van der Waals surface area contributed by atoms with Crippen LogP contribution in [-0.2, 0) is 4.79 Å². The lowest BCUT2D eigenvalue weighted by Crippen LogP contribution is -2.22. The maximum absolute atomic E-state index is 13.4. The molecule has 4 nitrogen and oxygen atoms in total. The summed E-state index contributed by atoms with van der Waals surface area (Å²) in [7, 11) is 0. The van der Waals surface area contributed by atoms with E-state index >= 15 is 0 Å². The third-order valence-corrected chi connectivity index (χ3v) is 2.65. The van der Waals surface area contributed by atoms with Gasteiger partial charge in [-0.05, 0) is 30.3 Å². The summed E-state index contributed by atoms with van der Waals surface area (Å²) in [4.78, 5) is 11.7. The van der Waals surface area contributed by atoms with E-state index in [1.807, 2.05) is 6.07 Å². The first-order valence-electron chi connectivity index (χ1n) is 6.07. The molecule has 0 aliphatic rings. The number of nitrogens with zero attached hydrogens (tertiary/aromatic N) is 1. The van der Waals surface area contributed by atoms with Crippen LogP contribution >= 0.6 is 0 Å². The standard InChI is InChI=1S/C15H11F2N3O/c16-11-4-5-14(13(17)7-11)20-15(21)9-19-12-3-1-2-10(6-12)8-18/h1-7,19H,9H2,(H,20,21). The Kier molecular flexibility index (Phi) is 4.46. The number of benzene rings is 2. The van der Waals surface area contributed by atoms with E-state index in [0.29, 0.717) is 17.3 Å². The molecule has 0 heterocycles. The van der Waals surface area contributed by atoms with E-state index in [2.05, 4.69) is 10.6 Å². The predicted octanol–water partition coefficient (Wildman–Crippen LogP) is 2.89. The Morgan fingerprint density at radius 2 is 2.00 bits per heavy atom. The van der Waals surface area contributed by atoms with E-state index < -0.39 is 17.5 Å². The Morgan fingerprint density at radius 3 is 2.71 bits per heavy atom. The minimum Gasteiger partial charge on any atom is -0.376 e. The van der Waals surface area contributed by atoms with Crippen LogP contribution in [0.25, 0.3) is 0 Å². The SMILES string of the molecule is N#Cc1cccc(NCC(=O)Nc2ccc(F)cc2F)c1. The van der Waals surface area contributed by atoms with Gasteiger partial charge in [-0.3, -0.25) is 4.79 Å². The average molecular weight is 287 g/mol. The van der Waals surface area contributed by atoms with E-state index in [1.165, 1.54) is 0 Å².